The van der Waals surface area contributed by atoms with Crippen LogP contribution in [0.2, 0.25) is 0 Å². The summed E-state index contributed by atoms with van der Waals surface area (Å²) in [5, 5.41) is 9.62. The molecule has 9 heteroatoms. The number of halogens is 3. The first-order valence-electron chi connectivity index (χ1n) is 10.8. The Hall–Kier alpha value is -1.58. The second-order valence-corrected chi connectivity index (χ2v) is 10.0. The number of benzene rings is 1. The van der Waals surface area contributed by atoms with Crippen molar-refractivity contribution >= 4 is 18.5 Å². The highest BCUT2D eigenvalue weighted by Crippen LogP contribution is 2.43. The fraction of sp³-hybridized carbons (Fsp3) is 0.682. The van der Waals surface area contributed by atoms with Crippen LogP contribution >= 0.6 is 0 Å². The summed E-state index contributed by atoms with van der Waals surface area (Å²) in [6.07, 6.45) is -2.64. The highest BCUT2D eigenvalue weighted by atomic mass is 19.4. The molecule has 0 aromatic heterocycles. The van der Waals surface area contributed by atoms with Gasteiger partial charge in [0.1, 0.15) is 5.92 Å². The van der Waals surface area contributed by atoms with Gasteiger partial charge < -0.3 is 19.3 Å². The van der Waals surface area contributed by atoms with Gasteiger partial charge in [-0.05, 0) is 70.0 Å². The second kappa shape index (κ2) is 7.22. The smallest absolute Gasteiger partial charge is 0.399 e. The zero-order valence-electron chi connectivity index (χ0n) is 18.5. The van der Waals surface area contributed by atoms with E-state index in [1.165, 1.54) is 6.07 Å². The Morgan fingerprint density at radius 3 is 2.26 bits per heavy atom. The van der Waals surface area contributed by atoms with Crippen LogP contribution in [0.5, 0.6) is 0 Å². The van der Waals surface area contributed by atoms with Crippen molar-refractivity contribution in [2.75, 3.05) is 6.61 Å². The number of carbonyl (C=O) groups is 1. The molecule has 1 aromatic rings. The minimum Gasteiger partial charge on any atom is -0.399 e. The summed E-state index contributed by atoms with van der Waals surface area (Å²) < 4.78 is 53.5. The maximum absolute atomic E-state index is 13.8. The van der Waals surface area contributed by atoms with E-state index in [4.69, 9.17) is 9.31 Å². The number of fused-ring (bicyclic) bond motifs is 1. The summed E-state index contributed by atoms with van der Waals surface area (Å²) in [6.45, 7) is 8.55. The molecule has 1 aliphatic carbocycles. The molecule has 2 aliphatic heterocycles. The lowest BCUT2D eigenvalue weighted by Crippen LogP contribution is -2.41. The lowest BCUT2D eigenvalue weighted by Gasteiger charge is -2.32. The van der Waals surface area contributed by atoms with Gasteiger partial charge in [-0.2, -0.15) is 13.2 Å². The summed E-state index contributed by atoms with van der Waals surface area (Å²) in [6, 6.07) is 3.02. The van der Waals surface area contributed by atoms with Gasteiger partial charge in [-0.1, -0.05) is 12.1 Å². The van der Waals surface area contributed by atoms with Gasteiger partial charge in [-0.15, -0.1) is 0 Å². The van der Waals surface area contributed by atoms with Crippen LogP contribution in [0.3, 0.4) is 0 Å². The van der Waals surface area contributed by atoms with E-state index in [9.17, 15) is 23.1 Å². The van der Waals surface area contributed by atoms with Crippen LogP contribution in [-0.4, -0.2) is 53.1 Å². The van der Waals surface area contributed by atoms with E-state index in [1.54, 1.807) is 11.0 Å². The van der Waals surface area contributed by atoms with Crippen molar-refractivity contribution in [1.29, 1.82) is 0 Å². The molecule has 1 amide bonds. The Balaban J connectivity index is 1.80. The summed E-state index contributed by atoms with van der Waals surface area (Å²) in [7, 11) is -0.855. The van der Waals surface area contributed by atoms with Crippen LogP contribution < -0.4 is 5.46 Å². The van der Waals surface area contributed by atoms with Crippen molar-refractivity contribution in [2.24, 2.45) is 5.92 Å². The van der Waals surface area contributed by atoms with Crippen molar-refractivity contribution in [3.05, 3.63) is 28.8 Å². The third-order valence-electron chi connectivity index (χ3n) is 7.36. The van der Waals surface area contributed by atoms with Gasteiger partial charge in [-0.25, -0.2) is 0 Å². The third kappa shape index (κ3) is 3.78. The molecule has 2 atom stereocenters. The number of carbonyl (C=O) groups excluding carboxylic acids is 1. The number of alkyl halides is 3. The normalized spacial score (nSPS) is 24.5. The van der Waals surface area contributed by atoms with Crippen LogP contribution in [0.1, 0.15) is 74.9 Å². The molecule has 0 radical (unpaired) electrons. The minimum absolute atomic E-state index is 0.0356. The highest BCUT2D eigenvalue weighted by Gasteiger charge is 2.53. The van der Waals surface area contributed by atoms with Crippen molar-refractivity contribution in [2.45, 2.75) is 83.3 Å². The number of hydrogen-bond donors (Lipinski definition) is 1. The molecule has 31 heavy (non-hydrogen) atoms. The van der Waals surface area contributed by atoms with E-state index in [1.807, 2.05) is 34.6 Å². The van der Waals surface area contributed by atoms with Crippen LogP contribution in [0, 0.1) is 5.92 Å². The molecule has 0 spiro atoms. The standard InChI is InChI=1S/C22H29BF3NO4/c1-12(13-6-7-13)27-10-14-8-15(23-30-20(2,3)21(4,5)31-23)9-16(18(14)19(27)29)17(11-28)22(24,25)26/h8-9,12-13,17,28H,6-7,10-11H2,1-5H3/t12-,17?/m0/s1. The third-order valence-corrected chi connectivity index (χ3v) is 7.36. The van der Waals surface area contributed by atoms with E-state index in [0.717, 1.165) is 12.8 Å². The summed E-state index contributed by atoms with van der Waals surface area (Å²) in [4.78, 5) is 14.8. The van der Waals surface area contributed by atoms with Crippen LogP contribution in [0.25, 0.3) is 0 Å². The van der Waals surface area contributed by atoms with Gasteiger partial charge in [0.2, 0.25) is 0 Å². The Morgan fingerprint density at radius 2 is 1.77 bits per heavy atom. The maximum atomic E-state index is 13.8. The fourth-order valence-electron chi connectivity index (χ4n) is 4.47. The van der Waals surface area contributed by atoms with E-state index in [-0.39, 0.29) is 23.7 Å². The largest absolute Gasteiger partial charge is 0.494 e. The lowest BCUT2D eigenvalue weighted by atomic mass is 9.75. The number of aliphatic hydroxyl groups excluding tert-OH is 1. The van der Waals surface area contributed by atoms with Crippen molar-refractivity contribution in [3.8, 4) is 0 Å². The van der Waals surface area contributed by atoms with Gasteiger partial charge in [-0.3, -0.25) is 4.79 Å². The summed E-state index contributed by atoms with van der Waals surface area (Å²) >= 11 is 0. The second-order valence-electron chi connectivity index (χ2n) is 10.0. The Kier molecular flexibility index (Phi) is 5.26. The summed E-state index contributed by atoms with van der Waals surface area (Å²) in [5.41, 5.74) is -0.484. The number of nitrogens with zero attached hydrogens (tertiary/aromatic N) is 1. The molecule has 3 aliphatic rings. The molecule has 1 saturated carbocycles. The van der Waals surface area contributed by atoms with Gasteiger partial charge in [0.25, 0.3) is 5.91 Å². The topological polar surface area (TPSA) is 59.0 Å². The molecule has 5 nitrogen and oxygen atoms in total. The van der Waals surface area contributed by atoms with E-state index in [0.29, 0.717) is 16.9 Å². The molecule has 2 fully saturated rings. The Bertz CT molecular complexity index is 881. The van der Waals surface area contributed by atoms with Gasteiger partial charge in [0, 0.05) is 18.2 Å². The van der Waals surface area contributed by atoms with Crippen molar-refractivity contribution < 1.29 is 32.4 Å². The fourth-order valence-corrected chi connectivity index (χ4v) is 4.47. The van der Waals surface area contributed by atoms with E-state index < -0.39 is 42.9 Å². The molecule has 1 aromatic carbocycles. The van der Waals surface area contributed by atoms with Gasteiger partial charge in [0.05, 0.1) is 17.8 Å². The molecule has 170 valence electrons. The quantitative estimate of drug-likeness (QED) is 0.715. The van der Waals surface area contributed by atoms with Crippen LogP contribution in [-0.2, 0) is 15.9 Å². The van der Waals surface area contributed by atoms with Crippen LogP contribution in [0.15, 0.2) is 12.1 Å². The number of aliphatic hydroxyl groups is 1. The SMILES string of the molecule is C[C@@H](C1CC1)N1Cc2cc(B3OC(C)(C)C(C)(C)O3)cc(C(CO)C(F)(F)F)c2C1=O. The molecule has 2 heterocycles. The molecule has 1 N–H and O–H groups in total. The Morgan fingerprint density at radius 1 is 1.19 bits per heavy atom. The highest BCUT2D eigenvalue weighted by molar-refractivity contribution is 6.62. The first-order chi connectivity index (χ1) is 14.3. The van der Waals surface area contributed by atoms with Gasteiger partial charge >= 0.3 is 13.3 Å². The van der Waals surface area contributed by atoms with E-state index >= 15 is 0 Å². The summed E-state index contributed by atoms with van der Waals surface area (Å²) in [5.74, 6) is -2.16. The molecule has 0 bridgehead atoms. The monoisotopic (exact) mass is 439 g/mol. The minimum atomic E-state index is -4.69. The predicted molar refractivity (Wildman–Crippen MR) is 110 cm³/mol. The average molecular weight is 439 g/mol. The number of amides is 1. The average Bonchev–Trinajstić information content (AvgIpc) is 3.39. The first-order valence-corrected chi connectivity index (χ1v) is 10.8. The molecule has 1 saturated heterocycles. The molecule has 4 rings (SSSR count). The van der Waals surface area contributed by atoms with E-state index in [2.05, 4.69) is 0 Å². The van der Waals surface area contributed by atoms with Crippen LogP contribution in [0.4, 0.5) is 13.2 Å². The zero-order chi connectivity index (χ0) is 22.9. The maximum Gasteiger partial charge on any atom is 0.494 e. The van der Waals surface area contributed by atoms with Crippen molar-refractivity contribution in [3.63, 3.8) is 0 Å². The molecular weight excluding hydrogens is 410 g/mol. The number of rotatable bonds is 5. The Labute approximate surface area is 181 Å². The van der Waals surface area contributed by atoms with Gasteiger partial charge in [0.15, 0.2) is 0 Å². The molecular formula is C22H29BF3NO4. The lowest BCUT2D eigenvalue weighted by molar-refractivity contribution is -0.158. The first kappa shape index (κ1) is 22.6. The number of hydrogen-bond acceptors (Lipinski definition) is 4. The van der Waals surface area contributed by atoms with Crippen molar-refractivity contribution in [1.82, 2.24) is 4.90 Å². The zero-order valence-corrected chi connectivity index (χ0v) is 18.5. The molecule has 1 unspecified atom stereocenters. The predicted octanol–water partition coefficient (Wildman–Crippen LogP) is 3.38.